The molecule has 0 fully saturated rings. The molecule has 22 heavy (non-hydrogen) atoms. The van der Waals surface area contributed by atoms with Crippen molar-refractivity contribution in [3.63, 3.8) is 0 Å². The van der Waals surface area contributed by atoms with E-state index in [9.17, 15) is 9.59 Å². The molecule has 0 saturated carbocycles. The second kappa shape index (κ2) is 7.29. The molecule has 1 N–H and O–H groups in total. The Labute approximate surface area is 138 Å². The number of carbonyl (C=O) groups excluding carboxylic acids is 2. The molecule has 0 aliphatic carbocycles. The van der Waals surface area contributed by atoms with Crippen LogP contribution in [0.15, 0.2) is 42.5 Å². The summed E-state index contributed by atoms with van der Waals surface area (Å²) in [7, 11) is 0. The van der Waals surface area contributed by atoms with E-state index in [-0.39, 0.29) is 0 Å². The molecule has 4 nitrogen and oxygen atoms in total. The van der Waals surface area contributed by atoms with Crippen LogP contribution in [0, 0.1) is 0 Å². The number of halogens is 2. The molecule has 0 heterocycles. The van der Waals surface area contributed by atoms with Gasteiger partial charge >= 0.3 is 0 Å². The Morgan fingerprint density at radius 3 is 2.68 bits per heavy atom. The van der Waals surface area contributed by atoms with Crippen LogP contribution in [0.4, 0.5) is 5.69 Å². The lowest BCUT2D eigenvalue weighted by molar-refractivity contribution is -0.122. The van der Waals surface area contributed by atoms with E-state index in [1.54, 1.807) is 49.4 Å². The number of rotatable bonds is 5. The van der Waals surface area contributed by atoms with Crippen molar-refractivity contribution in [1.82, 2.24) is 0 Å². The summed E-state index contributed by atoms with van der Waals surface area (Å²) in [4.78, 5) is 23.1. The van der Waals surface area contributed by atoms with Gasteiger partial charge in [0.2, 0.25) is 0 Å². The van der Waals surface area contributed by atoms with Gasteiger partial charge in [0.25, 0.3) is 5.91 Å². The number of anilines is 1. The lowest BCUT2D eigenvalue weighted by Gasteiger charge is -2.16. The fraction of sp³-hybridized carbons (Fsp3) is 0.125. The van der Waals surface area contributed by atoms with Crippen molar-refractivity contribution in [2.45, 2.75) is 13.0 Å². The number of benzene rings is 2. The van der Waals surface area contributed by atoms with Gasteiger partial charge in [0.15, 0.2) is 12.4 Å². The molecule has 2 aromatic carbocycles. The Kier molecular flexibility index (Phi) is 5.41. The first kappa shape index (κ1) is 16.3. The summed E-state index contributed by atoms with van der Waals surface area (Å²) >= 11 is 11.9. The van der Waals surface area contributed by atoms with E-state index in [0.717, 1.165) is 0 Å². The minimum atomic E-state index is -0.809. The van der Waals surface area contributed by atoms with E-state index in [4.69, 9.17) is 27.9 Å². The first-order valence-corrected chi connectivity index (χ1v) is 7.23. The average Bonchev–Trinajstić information content (AvgIpc) is 2.51. The predicted molar refractivity (Wildman–Crippen MR) is 87.0 cm³/mol. The Bertz CT molecular complexity index is 704. The highest BCUT2D eigenvalue weighted by atomic mass is 35.5. The van der Waals surface area contributed by atoms with Gasteiger partial charge in [-0.05, 0) is 37.3 Å². The average molecular weight is 338 g/mol. The topological polar surface area (TPSA) is 55.4 Å². The Morgan fingerprint density at radius 1 is 1.23 bits per heavy atom. The molecule has 0 bridgehead atoms. The number of ether oxygens (including phenoxy) is 1. The fourth-order valence-electron chi connectivity index (χ4n) is 1.76. The first-order valence-electron chi connectivity index (χ1n) is 6.48. The fourth-order valence-corrected chi connectivity index (χ4v) is 2.09. The van der Waals surface area contributed by atoms with Gasteiger partial charge in [-0.3, -0.25) is 9.59 Å². The summed E-state index contributed by atoms with van der Waals surface area (Å²) in [5, 5.41) is 3.47. The molecule has 0 saturated heterocycles. The lowest BCUT2D eigenvalue weighted by Crippen LogP contribution is -2.30. The molecule has 1 atom stereocenters. The van der Waals surface area contributed by atoms with Crippen LogP contribution in [0.1, 0.15) is 17.3 Å². The normalized spacial score (nSPS) is 11.6. The third-order valence-electron chi connectivity index (χ3n) is 2.91. The maximum atomic E-state index is 12.2. The Balaban J connectivity index is 2.09. The van der Waals surface area contributed by atoms with Gasteiger partial charge in [0.1, 0.15) is 5.75 Å². The van der Waals surface area contributed by atoms with Crippen LogP contribution in [-0.4, -0.2) is 18.3 Å². The third kappa shape index (κ3) is 4.00. The zero-order valence-corrected chi connectivity index (χ0v) is 13.2. The van der Waals surface area contributed by atoms with Gasteiger partial charge in [-0.15, -0.1) is 0 Å². The number of aldehydes is 1. The lowest BCUT2D eigenvalue weighted by atomic mass is 10.2. The predicted octanol–water partition coefficient (Wildman–Crippen LogP) is 4.21. The van der Waals surface area contributed by atoms with Crippen LogP contribution >= 0.6 is 23.2 Å². The van der Waals surface area contributed by atoms with Crippen molar-refractivity contribution < 1.29 is 14.3 Å². The van der Waals surface area contributed by atoms with Crippen molar-refractivity contribution >= 4 is 41.1 Å². The van der Waals surface area contributed by atoms with Crippen LogP contribution in [-0.2, 0) is 4.79 Å². The van der Waals surface area contributed by atoms with Crippen molar-refractivity contribution in [2.75, 3.05) is 5.32 Å². The van der Waals surface area contributed by atoms with Crippen molar-refractivity contribution in [3.05, 3.63) is 58.1 Å². The zero-order valence-electron chi connectivity index (χ0n) is 11.7. The highest BCUT2D eigenvalue weighted by molar-refractivity contribution is 6.35. The van der Waals surface area contributed by atoms with Crippen molar-refractivity contribution in [2.24, 2.45) is 0 Å². The molecule has 0 unspecified atom stereocenters. The molecule has 0 aromatic heterocycles. The van der Waals surface area contributed by atoms with Crippen molar-refractivity contribution in [3.8, 4) is 5.75 Å². The van der Waals surface area contributed by atoms with Gasteiger partial charge < -0.3 is 10.1 Å². The van der Waals surface area contributed by atoms with E-state index in [0.29, 0.717) is 33.3 Å². The quantitative estimate of drug-likeness (QED) is 0.831. The smallest absolute Gasteiger partial charge is 0.265 e. The number of carbonyl (C=O) groups is 2. The van der Waals surface area contributed by atoms with Gasteiger partial charge in [-0.1, -0.05) is 35.3 Å². The molecule has 6 heteroatoms. The molecule has 0 radical (unpaired) electrons. The molecular weight excluding hydrogens is 325 g/mol. The van der Waals surface area contributed by atoms with Gasteiger partial charge in [0.05, 0.1) is 16.3 Å². The molecule has 0 aliphatic rings. The van der Waals surface area contributed by atoms with Crippen LogP contribution in [0.25, 0.3) is 0 Å². The largest absolute Gasteiger partial charge is 0.480 e. The first-order chi connectivity index (χ1) is 10.5. The summed E-state index contributed by atoms with van der Waals surface area (Å²) in [5.41, 5.74) is 0.779. The molecule has 0 aliphatic heterocycles. The number of amides is 1. The standard InChI is InChI=1S/C16H13Cl2NO3/c1-10(22-15-5-3-2-4-11(15)9-20)16(21)19-14-8-12(17)6-7-13(14)18/h2-10H,1H3,(H,19,21)/t10-/m0/s1. The summed E-state index contributed by atoms with van der Waals surface area (Å²) in [6, 6.07) is 11.4. The van der Waals surface area contributed by atoms with Gasteiger partial charge in [-0.25, -0.2) is 0 Å². The van der Waals surface area contributed by atoms with E-state index in [1.165, 1.54) is 0 Å². The molecule has 114 valence electrons. The maximum absolute atomic E-state index is 12.2. The summed E-state index contributed by atoms with van der Waals surface area (Å²) in [6.45, 7) is 1.58. The van der Waals surface area contributed by atoms with E-state index < -0.39 is 12.0 Å². The number of hydrogen-bond acceptors (Lipinski definition) is 3. The molecular formula is C16H13Cl2NO3. The van der Waals surface area contributed by atoms with E-state index >= 15 is 0 Å². The van der Waals surface area contributed by atoms with Crippen LogP contribution in [0.3, 0.4) is 0 Å². The van der Waals surface area contributed by atoms with Crippen LogP contribution in [0.2, 0.25) is 10.0 Å². The zero-order chi connectivity index (χ0) is 16.1. The monoisotopic (exact) mass is 337 g/mol. The highest BCUT2D eigenvalue weighted by Gasteiger charge is 2.17. The van der Waals surface area contributed by atoms with Crippen molar-refractivity contribution in [1.29, 1.82) is 0 Å². The second-order valence-corrected chi connectivity index (χ2v) is 5.37. The SMILES string of the molecule is C[C@H](Oc1ccccc1C=O)C(=O)Nc1cc(Cl)ccc1Cl. The van der Waals surface area contributed by atoms with Crippen LogP contribution in [0.5, 0.6) is 5.75 Å². The minimum Gasteiger partial charge on any atom is -0.480 e. The molecule has 0 spiro atoms. The molecule has 2 rings (SSSR count). The number of para-hydroxylation sites is 1. The summed E-state index contributed by atoms with van der Waals surface area (Å²) in [5.74, 6) is -0.0535. The Morgan fingerprint density at radius 2 is 1.95 bits per heavy atom. The van der Waals surface area contributed by atoms with Gasteiger partial charge in [0, 0.05) is 5.02 Å². The molecule has 2 aromatic rings. The van der Waals surface area contributed by atoms with E-state index in [1.807, 2.05) is 0 Å². The van der Waals surface area contributed by atoms with Crippen LogP contribution < -0.4 is 10.1 Å². The summed E-state index contributed by atoms with van der Waals surface area (Å²) < 4.78 is 5.52. The summed E-state index contributed by atoms with van der Waals surface area (Å²) in [6.07, 6.45) is -0.135. The third-order valence-corrected chi connectivity index (χ3v) is 3.47. The van der Waals surface area contributed by atoms with E-state index in [2.05, 4.69) is 5.32 Å². The Hall–Kier alpha value is -2.04. The number of hydrogen-bond donors (Lipinski definition) is 1. The van der Waals surface area contributed by atoms with Gasteiger partial charge in [-0.2, -0.15) is 0 Å². The minimum absolute atomic E-state index is 0.345. The number of nitrogens with one attached hydrogen (secondary N) is 1. The maximum Gasteiger partial charge on any atom is 0.265 e. The molecule has 1 amide bonds. The highest BCUT2D eigenvalue weighted by Crippen LogP contribution is 2.26. The second-order valence-electron chi connectivity index (χ2n) is 4.53.